The van der Waals surface area contributed by atoms with Crippen LogP contribution < -0.4 is 0 Å². The first-order valence-electron chi connectivity index (χ1n) is 9.44. The Balaban J connectivity index is 2.58. The van der Waals surface area contributed by atoms with E-state index in [0.29, 0.717) is 23.5 Å². The van der Waals surface area contributed by atoms with E-state index in [9.17, 15) is 9.90 Å². The molecule has 1 unspecified atom stereocenters. The summed E-state index contributed by atoms with van der Waals surface area (Å²) in [5.41, 5.74) is -0.405. The number of unbranched alkanes of at least 4 members (excludes halogenated alkanes) is 1. The maximum Gasteiger partial charge on any atom is 0.224 e. The Morgan fingerprint density at radius 1 is 1.23 bits per heavy atom. The Hall–Kier alpha value is -1.94. The first-order chi connectivity index (χ1) is 12.1. The predicted octanol–water partition coefficient (Wildman–Crippen LogP) is 4.57. The van der Waals surface area contributed by atoms with Crippen molar-refractivity contribution in [1.82, 2.24) is 0 Å². The molecule has 0 spiro atoms. The van der Waals surface area contributed by atoms with E-state index in [1.807, 2.05) is 65.0 Å². The van der Waals surface area contributed by atoms with Gasteiger partial charge in [-0.1, -0.05) is 43.7 Å². The largest absolute Gasteiger partial charge is 0.491 e. The third kappa shape index (κ3) is 4.07. The molecule has 0 bridgehead atoms. The zero-order valence-electron chi connectivity index (χ0n) is 16.8. The first kappa shape index (κ1) is 20.4. The fourth-order valence-corrected chi connectivity index (χ4v) is 3.08. The molecule has 142 valence electrons. The van der Waals surface area contributed by atoms with Gasteiger partial charge >= 0.3 is 0 Å². The number of benzene rings is 1. The van der Waals surface area contributed by atoms with Crippen LogP contribution in [0.15, 0.2) is 41.1 Å². The van der Waals surface area contributed by atoms with Crippen LogP contribution in [0.4, 0.5) is 0 Å². The summed E-state index contributed by atoms with van der Waals surface area (Å²) in [6.45, 7) is 11.8. The number of ether oxygens (including phenoxy) is 1. The van der Waals surface area contributed by atoms with Gasteiger partial charge in [0.1, 0.15) is 0 Å². The van der Waals surface area contributed by atoms with Crippen molar-refractivity contribution in [1.29, 1.82) is 0 Å². The minimum absolute atomic E-state index is 0.148. The number of carbonyl (C=O) groups is 1. The zero-order valence-corrected chi connectivity index (χ0v) is 16.8. The van der Waals surface area contributed by atoms with Gasteiger partial charge in [-0.25, -0.2) is 0 Å². The Kier molecular flexibility index (Phi) is 6.07. The molecule has 4 heteroatoms. The number of Topliss-reactive ketones (excluding diaryl/α,β-unsaturated/α-hetero) is 1. The second-order valence-electron chi connectivity index (χ2n) is 8.11. The molecule has 0 amide bonds. The summed E-state index contributed by atoms with van der Waals surface area (Å²) in [6, 6.07) is 9.38. The van der Waals surface area contributed by atoms with Crippen LogP contribution in [0, 0.1) is 0 Å². The average molecular weight is 357 g/mol. The lowest BCUT2D eigenvalue weighted by Crippen LogP contribution is -2.58. The predicted molar refractivity (Wildman–Crippen MR) is 106 cm³/mol. The number of aliphatic hydroxyl groups is 1. The lowest BCUT2D eigenvalue weighted by Gasteiger charge is -2.41. The van der Waals surface area contributed by atoms with E-state index in [4.69, 9.17) is 9.73 Å². The molecule has 0 heterocycles. The van der Waals surface area contributed by atoms with Crippen LogP contribution in [0.5, 0.6) is 0 Å². The van der Waals surface area contributed by atoms with Gasteiger partial charge in [0.05, 0.1) is 22.9 Å². The summed E-state index contributed by atoms with van der Waals surface area (Å²) < 4.78 is 5.94. The van der Waals surface area contributed by atoms with Gasteiger partial charge in [0.2, 0.25) is 11.4 Å². The molecule has 2 rings (SSSR count). The van der Waals surface area contributed by atoms with Crippen LogP contribution in [0.1, 0.15) is 66.4 Å². The quantitative estimate of drug-likeness (QED) is 0.727. The Morgan fingerprint density at radius 2 is 1.85 bits per heavy atom. The molecule has 0 aromatic heterocycles. The monoisotopic (exact) mass is 357 g/mol. The van der Waals surface area contributed by atoms with Gasteiger partial charge in [0.25, 0.3) is 0 Å². The van der Waals surface area contributed by atoms with Gasteiger partial charge in [0.15, 0.2) is 5.76 Å². The van der Waals surface area contributed by atoms with Gasteiger partial charge in [-0.2, -0.15) is 0 Å². The molecule has 1 atom stereocenters. The highest BCUT2D eigenvalue weighted by atomic mass is 16.5. The summed E-state index contributed by atoms with van der Waals surface area (Å²) in [5.74, 6) is 0.0151. The molecule has 1 aliphatic carbocycles. The maximum atomic E-state index is 13.1. The number of aliphatic imine (C=N–C) groups is 1. The van der Waals surface area contributed by atoms with Gasteiger partial charge in [-0.05, 0) is 53.0 Å². The van der Waals surface area contributed by atoms with Crippen molar-refractivity contribution in [3.05, 3.63) is 41.7 Å². The lowest BCUT2D eigenvalue weighted by molar-refractivity contribution is -0.130. The standard InChI is InChI=1S/C22H31NO3/c1-7-8-14-17(23-21(4,5)6)22(25)19(24)18(20(22)26-15(2)3)16-12-10-9-11-13-16/h9-13,15,25H,7-8,14H2,1-6H3. The highest BCUT2D eigenvalue weighted by Crippen LogP contribution is 2.44. The zero-order chi connectivity index (χ0) is 19.5. The minimum Gasteiger partial charge on any atom is -0.491 e. The number of hydrogen-bond donors (Lipinski definition) is 1. The van der Waals surface area contributed by atoms with Crippen molar-refractivity contribution in [3.63, 3.8) is 0 Å². The fraction of sp³-hybridized carbons (Fsp3) is 0.545. The lowest BCUT2D eigenvalue weighted by atomic mass is 9.70. The second kappa shape index (κ2) is 7.75. The van der Waals surface area contributed by atoms with Crippen LogP contribution in [0.2, 0.25) is 0 Å². The smallest absolute Gasteiger partial charge is 0.224 e. The van der Waals surface area contributed by atoms with Crippen molar-refractivity contribution in [2.24, 2.45) is 4.99 Å². The number of ketones is 1. The Bertz CT molecular complexity index is 711. The summed E-state index contributed by atoms with van der Waals surface area (Å²) >= 11 is 0. The van der Waals surface area contributed by atoms with Crippen LogP contribution in [-0.4, -0.2) is 33.8 Å². The summed E-state index contributed by atoms with van der Waals surface area (Å²) in [5, 5.41) is 11.4. The normalized spacial score (nSPS) is 21.2. The molecule has 1 aromatic carbocycles. The molecule has 0 aliphatic heterocycles. The SMILES string of the molecule is CCCCC(=NC(C)(C)C)C1(O)C(=O)C(c2ccccc2)=C1OC(C)C. The van der Waals surface area contributed by atoms with Crippen molar-refractivity contribution >= 4 is 17.1 Å². The van der Waals surface area contributed by atoms with E-state index < -0.39 is 5.60 Å². The van der Waals surface area contributed by atoms with Gasteiger partial charge in [0, 0.05) is 0 Å². The highest BCUT2D eigenvalue weighted by molar-refractivity contribution is 6.42. The summed E-state index contributed by atoms with van der Waals surface area (Å²) in [7, 11) is 0. The van der Waals surface area contributed by atoms with Crippen LogP contribution in [-0.2, 0) is 9.53 Å². The molecule has 0 radical (unpaired) electrons. The molecule has 1 aliphatic rings. The molecule has 1 aromatic rings. The molecule has 0 saturated heterocycles. The van der Waals surface area contributed by atoms with Crippen molar-refractivity contribution in [2.75, 3.05) is 0 Å². The van der Waals surface area contributed by atoms with Crippen molar-refractivity contribution in [3.8, 4) is 0 Å². The summed E-state index contributed by atoms with van der Waals surface area (Å²) in [6.07, 6.45) is 2.25. The first-order valence-corrected chi connectivity index (χ1v) is 9.44. The molecule has 26 heavy (non-hydrogen) atoms. The van der Waals surface area contributed by atoms with Crippen LogP contribution in [0.3, 0.4) is 0 Å². The number of carbonyl (C=O) groups excluding carboxylic acids is 1. The van der Waals surface area contributed by atoms with E-state index in [1.165, 1.54) is 0 Å². The van der Waals surface area contributed by atoms with Crippen molar-refractivity contribution in [2.45, 2.75) is 78.0 Å². The number of rotatable bonds is 7. The molecular formula is C22H31NO3. The van der Waals surface area contributed by atoms with Gasteiger partial charge in [-0.3, -0.25) is 9.79 Å². The van der Waals surface area contributed by atoms with E-state index in [0.717, 1.165) is 18.4 Å². The van der Waals surface area contributed by atoms with Gasteiger partial charge in [-0.15, -0.1) is 0 Å². The minimum atomic E-state index is -1.75. The van der Waals surface area contributed by atoms with E-state index >= 15 is 0 Å². The molecule has 0 fully saturated rings. The van der Waals surface area contributed by atoms with E-state index in [2.05, 4.69) is 6.92 Å². The Labute approximate surface area is 157 Å². The number of nitrogens with zero attached hydrogens (tertiary/aromatic N) is 1. The molecule has 0 saturated carbocycles. The molecule has 1 N–H and O–H groups in total. The van der Waals surface area contributed by atoms with Gasteiger partial charge < -0.3 is 9.84 Å². The average Bonchev–Trinajstić information content (AvgIpc) is 2.57. The third-order valence-corrected chi connectivity index (χ3v) is 4.18. The van der Waals surface area contributed by atoms with Crippen LogP contribution >= 0.6 is 0 Å². The molecule has 4 nitrogen and oxygen atoms in total. The van der Waals surface area contributed by atoms with Crippen molar-refractivity contribution < 1.29 is 14.6 Å². The third-order valence-electron chi connectivity index (χ3n) is 4.18. The number of hydrogen-bond acceptors (Lipinski definition) is 4. The topological polar surface area (TPSA) is 58.9 Å². The van der Waals surface area contributed by atoms with E-state index in [-0.39, 0.29) is 17.4 Å². The molecular weight excluding hydrogens is 326 g/mol. The second-order valence-corrected chi connectivity index (χ2v) is 8.11. The fourth-order valence-electron chi connectivity index (χ4n) is 3.08. The Morgan fingerprint density at radius 3 is 2.35 bits per heavy atom. The van der Waals surface area contributed by atoms with E-state index in [1.54, 1.807) is 0 Å². The maximum absolute atomic E-state index is 13.1. The summed E-state index contributed by atoms with van der Waals surface area (Å²) in [4.78, 5) is 17.8. The highest BCUT2D eigenvalue weighted by Gasteiger charge is 2.58. The van der Waals surface area contributed by atoms with Crippen LogP contribution in [0.25, 0.3) is 5.57 Å².